The van der Waals surface area contributed by atoms with Crippen LogP contribution < -0.4 is 14.2 Å². The van der Waals surface area contributed by atoms with Crippen LogP contribution in [0.25, 0.3) is 11.1 Å². The van der Waals surface area contributed by atoms with Crippen molar-refractivity contribution in [2.45, 2.75) is 18.9 Å². The van der Waals surface area contributed by atoms with Gasteiger partial charge in [-0.1, -0.05) is 48.5 Å². The minimum Gasteiger partial charge on any atom is -0.496 e. The molecule has 6 heteroatoms. The summed E-state index contributed by atoms with van der Waals surface area (Å²) in [6.07, 6.45) is 0.0103. The van der Waals surface area contributed by atoms with E-state index in [4.69, 9.17) is 24.1 Å². The minimum atomic E-state index is -1.01. The van der Waals surface area contributed by atoms with Crippen LogP contribution in [0.3, 0.4) is 0 Å². The first-order chi connectivity index (χ1) is 15.6. The average Bonchev–Trinajstić information content (AvgIpc) is 2.83. The zero-order valence-corrected chi connectivity index (χ0v) is 18.3. The summed E-state index contributed by atoms with van der Waals surface area (Å²) < 4.78 is 22.0. The fourth-order valence-corrected chi connectivity index (χ4v) is 3.27. The molecule has 168 valence electrons. The van der Waals surface area contributed by atoms with Gasteiger partial charge in [-0.25, -0.2) is 4.79 Å². The van der Waals surface area contributed by atoms with Crippen molar-refractivity contribution in [3.8, 4) is 28.4 Å². The molecule has 0 saturated heterocycles. The summed E-state index contributed by atoms with van der Waals surface area (Å²) in [7, 11) is 2.92. The molecule has 0 radical (unpaired) electrons. The average molecular weight is 437 g/mol. The molecule has 0 saturated carbocycles. The second kappa shape index (κ2) is 11.8. The number of carbonyl (C=O) groups is 1. The van der Waals surface area contributed by atoms with Gasteiger partial charge >= 0.3 is 5.97 Å². The number of hydrogen-bond donors (Lipinski definition) is 1. The lowest BCUT2D eigenvalue weighted by Crippen LogP contribution is -2.25. The van der Waals surface area contributed by atoms with Crippen LogP contribution in [0.4, 0.5) is 0 Å². The highest BCUT2D eigenvalue weighted by molar-refractivity contribution is 5.73. The number of methoxy groups -OCH3 is 2. The number of hydrogen-bond acceptors (Lipinski definition) is 5. The first-order valence-electron chi connectivity index (χ1n) is 10.4. The third kappa shape index (κ3) is 6.49. The summed E-state index contributed by atoms with van der Waals surface area (Å²) in [6, 6.07) is 23.6. The second-order valence-corrected chi connectivity index (χ2v) is 7.18. The second-order valence-electron chi connectivity index (χ2n) is 7.18. The highest BCUT2D eigenvalue weighted by Gasteiger charge is 2.19. The van der Waals surface area contributed by atoms with Crippen LogP contribution in [0.5, 0.6) is 17.2 Å². The Labute approximate surface area is 188 Å². The molecule has 0 unspecified atom stereocenters. The topological polar surface area (TPSA) is 74.2 Å². The molecule has 3 aromatic carbocycles. The van der Waals surface area contributed by atoms with E-state index in [1.165, 1.54) is 12.7 Å². The quantitative estimate of drug-likeness (QED) is 0.409. The molecule has 0 spiro atoms. The van der Waals surface area contributed by atoms with Gasteiger partial charge < -0.3 is 24.1 Å². The molecule has 0 aromatic heterocycles. The fourth-order valence-electron chi connectivity index (χ4n) is 3.27. The summed E-state index contributed by atoms with van der Waals surface area (Å²) in [5, 5.41) is 9.17. The normalized spacial score (nSPS) is 11.6. The van der Waals surface area contributed by atoms with Crippen molar-refractivity contribution in [3.05, 3.63) is 78.4 Å². The van der Waals surface area contributed by atoms with Gasteiger partial charge in [0.2, 0.25) is 0 Å². The Balaban J connectivity index is 1.45. The van der Waals surface area contributed by atoms with Gasteiger partial charge in [0.15, 0.2) is 6.10 Å². The van der Waals surface area contributed by atoms with E-state index in [1.807, 2.05) is 42.5 Å². The van der Waals surface area contributed by atoms with Crippen molar-refractivity contribution < 1.29 is 28.8 Å². The summed E-state index contributed by atoms with van der Waals surface area (Å²) in [5.41, 5.74) is 3.07. The van der Waals surface area contributed by atoms with Gasteiger partial charge in [-0.05, 0) is 34.9 Å². The van der Waals surface area contributed by atoms with E-state index in [9.17, 15) is 4.79 Å². The van der Waals surface area contributed by atoms with Gasteiger partial charge in [-0.15, -0.1) is 0 Å². The summed E-state index contributed by atoms with van der Waals surface area (Å²) in [6.45, 7) is 1.02. The van der Waals surface area contributed by atoms with Gasteiger partial charge in [0.1, 0.15) is 17.2 Å². The molecular weight excluding hydrogens is 408 g/mol. The smallest absolute Gasteiger partial charge is 0.333 e. The Morgan fingerprint density at radius 1 is 0.844 bits per heavy atom. The van der Waals surface area contributed by atoms with Crippen LogP contribution >= 0.6 is 0 Å². The molecule has 0 bridgehead atoms. The van der Waals surface area contributed by atoms with Crippen LogP contribution in [0.1, 0.15) is 12.0 Å². The van der Waals surface area contributed by atoms with E-state index >= 15 is 0 Å². The SMILES string of the molecule is COc1cc(OCCCOc2ccc(-c3ccccc3)cc2)ccc1C[C@H](OC)C(=O)O. The van der Waals surface area contributed by atoms with E-state index in [0.29, 0.717) is 24.7 Å². The van der Waals surface area contributed by atoms with Gasteiger partial charge in [0.05, 0.1) is 20.3 Å². The van der Waals surface area contributed by atoms with Gasteiger partial charge in [-0.2, -0.15) is 0 Å². The lowest BCUT2D eigenvalue weighted by atomic mass is 10.1. The zero-order valence-electron chi connectivity index (χ0n) is 18.3. The van der Waals surface area contributed by atoms with Crippen LogP contribution in [-0.2, 0) is 16.0 Å². The summed E-state index contributed by atoms with van der Waals surface area (Å²) in [5.74, 6) is 1.04. The molecule has 32 heavy (non-hydrogen) atoms. The van der Waals surface area contributed by atoms with Crippen LogP contribution in [0, 0.1) is 0 Å². The Morgan fingerprint density at radius 3 is 2.09 bits per heavy atom. The molecule has 3 aromatic rings. The van der Waals surface area contributed by atoms with Gasteiger partial charge in [0, 0.05) is 26.0 Å². The predicted molar refractivity (Wildman–Crippen MR) is 123 cm³/mol. The van der Waals surface area contributed by atoms with Crippen molar-refractivity contribution >= 4 is 5.97 Å². The molecule has 0 aliphatic carbocycles. The molecule has 0 amide bonds. The maximum absolute atomic E-state index is 11.2. The maximum Gasteiger partial charge on any atom is 0.333 e. The van der Waals surface area contributed by atoms with E-state index in [0.717, 1.165) is 23.3 Å². The minimum absolute atomic E-state index is 0.214. The maximum atomic E-state index is 11.2. The molecular formula is C26H28O6. The summed E-state index contributed by atoms with van der Waals surface area (Å²) >= 11 is 0. The number of aliphatic carboxylic acids is 1. The van der Waals surface area contributed by atoms with Crippen LogP contribution in [0.2, 0.25) is 0 Å². The van der Waals surface area contributed by atoms with E-state index in [2.05, 4.69) is 12.1 Å². The third-order valence-corrected chi connectivity index (χ3v) is 5.01. The molecule has 0 aliphatic heterocycles. The Bertz CT molecular complexity index is 985. The number of carboxylic acid groups (broad SMARTS) is 1. The fraction of sp³-hybridized carbons (Fsp3) is 0.269. The molecule has 0 heterocycles. The molecule has 1 N–H and O–H groups in total. The monoisotopic (exact) mass is 436 g/mol. The van der Waals surface area contributed by atoms with E-state index in [1.54, 1.807) is 25.3 Å². The molecule has 0 fully saturated rings. The van der Waals surface area contributed by atoms with Crippen molar-refractivity contribution in [2.24, 2.45) is 0 Å². The van der Waals surface area contributed by atoms with Crippen molar-refractivity contribution in [2.75, 3.05) is 27.4 Å². The Morgan fingerprint density at radius 2 is 1.47 bits per heavy atom. The standard InChI is InChI=1S/C26H28O6/c1-29-24-18-23(14-11-21(24)17-25(30-2)26(27)28)32-16-6-15-31-22-12-9-20(10-13-22)19-7-4-3-5-8-19/h3-5,7-14,18,25H,6,15-17H2,1-2H3,(H,27,28)/t25-/m0/s1. The lowest BCUT2D eigenvalue weighted by Gasteiger charge is -2.15. The highest BCUT2D eigenvalue weighted by Crippen LogP contribution is 2.27. The molecule has 3 rings (SSSR count). The first-order valence-corrected chi connectivity index (χ1v) is 10.4. The first kappa shape index (κ1) is 23.2. The van der Waals surface area contributed by atoms with E-state index < -0.39 is 12.1 Å². The summed E-state index contributed by atoms with van der Waals surface area (Å²) in [4.78, 5) is 11.2. The third-order valence-electron chi connectivity index (χ3n) is 5.01. The Hall–Kier alpha value is -3.51. The van der Waals surface area contributed by atoms with Gasteiger partial charge in [-0.3, -0.25) is 0 Å². The molecule has 0 aliphatic rings. The highest BCUT2D eigenvalue weighted by atomic mass is 16.5. The van der Waals surface area contributed by atoms with Crippen molar-refractivity contribution in [3.63, 3.8) is 0 Å². The van der Waals surface area contributed by atoms with Crippen LogP contribution in [0.15, 0.2) is 72.8 Å². The Kier molecular flexibility index (Phi) is 8.52. The zero-order chi connectivity index (χ0) is 22.8. The number of carboxylic acids is 1. The number of rotatable bonds is 12. The molecule has 6 nitrogen and oxygen atoms in total. The largest absolute Gasteiger partial charge is 0.496 e. The molecule has 1 atom stereocenters. The number of benzene rings is 3. The van der Waals surface area contributed by atoms with E-state index in [-0.39, 0.29) is 6.42 Å². The van der Waals surface area contributed by atoms with Gasteiger partial charge in [0.25, 0.3) is 0 Å². The lowest BCUT2D eigenvalue weighted by molar-refractivity contribution is -0.148. The van der Waals surface area contributed by atoms with Crippen molar-refractivity contribution in [1.82, 2.24) is 0 Å². The van der Waals surface area contributed by atoms with Crippen molar-refractivity contribution in [1.29, 1.82) is 0 Å². The van der Waals surface area contributed by atoms with Crippen LogP contribution in [-0.4, -0.2) is 44.6 Å². The number of ether oxygens (including phenoxy) is 4. The predicted octanol–water partition coefficient (Wildman–Crippen LogP) is 4.85.